The van der Waals surface area contributed by atoms with Crippen LogP contribution in [-0.2, 0) is 24.0 Å². The van der Waals surface area contributed by atoms with Crippen molar-refractivity contribution < 1.29 is 29.2 Å². The van der Waals surface area contributed by atoms with Crippen LogP contribution in [0.3, 0.4) is 0 Å². The van der Waals surface area contributed by atoms with E-state index >= 15 is 0 Å². The topological polar surface area (TPSA) is 82.1 Å². The molecule has 0 spiro atoms. The second-order valence-corrected chi connectivity index (χ2v) is 7.38. The van der Waals surface area contributed by atoms with Crippen LogP contribution in [0.4, 0.5) is 0 Å². The summed E-state index contributed by atoms with van der Waals surface area (Å²) in [6.07, 6.45) is 4.47. The summed E-state index contributed by atoms with van der Waals surface area (Å²) in [5.41, 5.74) is 0.559. The quantitative estimate of drug-likeness (QED) is 0.274. The van der Waals surface area contributed by atoms with Gasteiger partial charge < -0.3 is 9.47 Å². The summed E-state index contributed by atoms with van der Waals surface area (Å²) in [5, 5.41) is 9.47. The lowest BCUT2D eigenvalue weighted by Crippen LogP contribution is -2.45. The first-order valence-electron chi connectivity index (χ1n) is 8.66. The second-order valence-electron chi connectivity index (χ2n) is 7.38. The molecule has 2 aliphatic carbocycles. The van der Waals surface area contributed by atoms with Crippen molar-refractivity contribution in [2.75, 3.05) is 0 Å². The van der Waals surface area contributed by atoms with Gasteiger partial charge in [0.2, 0.25) is 0 Å². The molecule has 0 amide bonds. The van der Waals surface area contributed by atoms with E-state index < -0.39 is 35.7 Å². The maximum Gasteiger partial charge on any atom is 0.334 e. The van der Waals surface area contributed by atoms with Crippen LogP contribution in [0.15, 0.2) is 48.1 Å². The molecular formula is C20H24O6. The standard InChI is InChI=1S/C20H24O6/c1-6-10(2)18(21)24-14-9-11(3)13-7-8-20(5,26-23)16(13)17-15(14)12(4)19(22)25-17/h6-8,13-17,23H,3-4,9H2,1-2,5H3/b10-6-/t13-,14-,15+,16-,17-,20+/m0/s1. The zero-order valence-electron chi connectivity index (χ0n) is 15.2. The smallest absolute Gasteiger partial charge is 0.334 e. The average Bonchev–Trinajstić information content (AvgIpc) is 3.07. The predicted octanol–water partition coefficient (Wildman–Crippen LogP) is 2.97. The molecule has 0 aromatic heterocycles. The number of hydrogen-bond donors (Lipinski definition) is 1. The lowest BCUT2D eigenvalue weighted by atomic mass is 9.76. The second kappa shape index (κ2) is 6.52. The summed E-state index contributed by atoms with van der Waals surface area (Å²) in [5.74, 6) is -2.01. The number of carbonyl (C=O) groups is 2. The van der Waals surface area contributed by atoms with Crippen LogP contribution in [0.5, 0.6) is 0 Å². The molecule has 1 saturated heterocycles. The van der Waals surface area contributed by atoms with Gasteiger partial charge >= 0.3 is 11.9 Å². The lowest BCUT2D eigenvalue weighted by Gasteiger charge is -2.35. The summed E-state index contributed by atoms with van der Waals surface area (Å²) in [6, 6.07) is 0. The average molecular weight is 360 g/mol. The fraction of sp³-hybridized carbons (Fsp3) is 0.500. The lowest BCUT2D eigenvalue weighted by molar-refractivity contribution is -0.321. The van der Waals surface area contributed by atoms with Gasteiger partial charge in [-0.25, -0.2) is 14.5 Å². The molecule has 2 fully saturated rings. The van der Waals surface area contributed by atoms with Crippen molar-refractivity contribution in [3.8, 4) is 0 Å². The van der Waals surface area contributed by atoms with Gasteiger partial charge in [0.25, 0.3) is 0 Å². The highest BCUT2D eigenvalue weighted by Crippen LogP contribution is 2.52. The van der Waals surface area contributed by atoms with Crippen molar-refractivity contribution in [2.45, 2.75) is 45.0 Å². The van der Waals surface area contributed by atoms with E-state index in [0.29, 0.717) is 12.0 Å². The first-order chi connectivity index (χ1) is 12.2. The van der Waals surface area contributed by atoms with E-state index in [1.807, 2.05) is 6.08 Å². The Balaban J connectivity index is 2.01. The minimum atomic E-state index is -1.03. The fourth-order valence-corrected chi connectivity index (χ4v) is 4.22. The molecule has 1 aliphatic heterocycles. The van der Waals surface area contributed by atoms with Gasteiger partial charge in [0.15, 0.2) is 0 Å². The van der Waals surface area contributed by atoms with Crippen molar-refractivity contribution in [1.82, 2.24) is 0 Å². The van der Waals surface area contributed by atoms with E-state index in [4.69, 9.17) is 14.4 Å². The number of carbonyl (C=O) groups excluding carboxylic acids is 2. The SMILES string of the molecule is C=C1C(=O)O[C@H]2[C@H]1[C@@H](OC(=O)/C(C)=C\C)CC(=C)[C@@H]1C=C[C@@](C)(OO)[C@H]21. The Hall–Kier alpha value is -2.18. The molecule has 3 aliphatic rings. The molecule has 0 bridgehead atoms. The van der Waals surface area contributed by atoms with Crippen LogP contribution in [0, 0.1) is 17.8 Å². The summed E-state index contributed by atoms with van der Waals surface area (Å²) in [4.78, 5) is 29.3. The number of esters is 2. The van der Waals surface area contributed by atoms with Crippen LogP contribution < -0.4 is 0 Å². The van der Waals surface area contributed by atoms with Gasteiger partial charge in [-0.05, 0) is 20.8 Å². The maximum absolute atomic E-state index is 12.3. The maximum atomic E-state index is 12.3. The van der Waals surface area contributed by atoms with Crippen LogP contribution in [0.1, 0.15) is 27.2 Å². The van der Waals surface area contributed by atoms with E-state index in [1.54, 1.807) is 32.9 Å². The summed E-state index contributed by atoms with van der Waals surface area (Å²) < 4.78 is 11.3. The molecule has 140 valence electrons. The van der Waals surface area contributed by atoms with Gasteiger partial charge in [0.05, 0.1) is 5.92 Å². The Labute approximate surface area is 152 Å². The monoisotopic (exact) mass is 360 g/mol. The minimum absolute atomic E-state index is 0.162. The summed E-state index contributed by atoms with van der Waals surface area (Å²) in [6.45, 7) is 13.2. The molecule has 1 saturated carbocycles. The Morgan fingerprint density at radius 1 is 1.46 bits per heavy atom. The Morgan fingerprint density at radius 3 is 2.77 bits per heavy atom. The molecule has 6 heteroatoms. The van der Waals surface area contributed by atoms with Crippen molar-refractivity contribution in [2.24, 2.45) is 17.8 Å². The van der Waals surface area contributed by atoms with Crippen molar-refractivity contribution >= 4 is 11.9 Å². The summed E-state index contributed by atoms with van der Waals surface area (Å²) in [7, 11) is 0. The number of allylic oxidation sites excluding steroid dienone is 2. The molecule has 0 aromatic carbocycles. The number of rotatable bonds is 3. The fourth-order valence-electron chi connectivity index (χ4n) is 4.22. The van der Waals surface area contributed by atoms with Crippen molar-refractivity contribution in [1.29, 1.82) is 0 Å². The first kappa shape index (κ1) is 18.6. The Bertz CT molecular complexity index is 733. The Kier molecular flexibility index (Phi) is 4.67. The summed E-state index contributed by atoms with van der Waals surface area (Å²) >= 11 is 0. The predicted molar refractivity (Wildman–Crippen MR) is 93.8 cm³/mol. The van der Waals surface area contributed by atoms with E-state index in [0.717, 1.165) is 5.57 Å². The van der Waals surface area contributed by atoms with E-state index in [1.165, 1.54) is 0 Å². The zero-order valence-corrected chi connectivity index (χ0v) is 15.2. The normalized spacial score (nSPS) is 39.3. The number of fused-ring (bicyclic) bond motifs is 3. The molecule has 3 rings (SSSR count). The minimum Gasteiger partial charge on any atom is -0.458 e. The van der Waals surface area contributed by atoms with Gasteiger partial charge in [-0.2, -0.15) is 0 Å². The molecule has 0 radical (unpaired) electrons. The van der Waals surface area contributed by atoms with Crippen LogP contribution >= 0.6 is 0 Å². The van der Waals surface area contributed by atoms with Crippen molar-refractivity contribution in [3.63, 3.8) is 0 Å². The van der Waals surface area contributed by atoms with Gasteiger partial charge in [-0.1, -0.05) is 37.0 Å². The number of ether oxygens (including phenoxy) is 2. The van der Waals surface area contributed by atoms with Crippen molar-refractivity contribution in [3.05, 3.63) is 48.1 Å². The first-order valence-corrected chi connectivity index (χ1v) is 8.66. The highest BCUT2D eigenvalue weighted by Gasteiger charge is 2.59. The number of hydrogen-bond acceptors (Lipinski definition) is 6. The Morgan fingerprint density at radius 2 is 2.15 bits per heavy atom. The van der Waals surface area contributed by atoms with Gasteiger partial charge in [-0.3, -0.25) is 5.26 Å². The van der Waals surface area contributed by atoms with E-state index in [2.05, 4.69) is 13.2 Å². The third-order valence-electron chi connectivity index (χ3n) is 5.84. The van der Waals surface area contributed by atoms with Crippen LogP contribution in [0.25, 0.3) is 0 Å². The van der Waals surface area contributed by atoms with E-state index in [-0.39, 0.29) is 17.4 Å². The molecule has 0 aromatic rings. The van der Waals surface area contributed by atoms with Crippen LogP contribution in [0.2, 0.25) is 0 Å². The largest absolute Gasteiger partial charge is 0.458 e. The molecule has 6 atom stereocenters. The highest BCUT2D eigenvalue weighted by molar-refractivity contribution is 5.91. The third kappa shape index (κ3) is 2.73. The van der Waals surface area contributed by atoms with Gasteiger partial charge in [-0.15, -0.1) is 0 Å². The highest BCUT2D eigenvalue weighted by atomic mass is 17.1. The molecule has 1 N–H and O–H groups in total. The molecule has 26 heavy (non-hydrogen) atoms. The van der Waals surface area contributed by atoms with Gasteiger partial charge in [0.1, 0.15) is 17.8 Å². The zero-order chi connectivity index (χ0) is 19.2. The van der Waals surface area contributed by atoms with E-state index in [9.17, 15) is 14.8 Å². The third-order valence-corrected chi connectivity index (χ3v) is 5.84. The van der Waals surface area contributed by atoms with Crippen LogP contribution in [-0.4, -0.2) is 35.0 Å². The van der Waals surface area contributed by atoms with Gasteiger partial charge in [0, 0.05) is 29.4 Å². The molecule has 1 heterocycles. The molecule has 6 nitrogen and oxygen atoms in total. The molecular weight excluding hydrogens is 336 g/mol. The molecule has 0 unspecified atom stereocenters.